The van der Waals surface area contributed by atoms with Gasteiger partial charge in [-0.15, -0.1) is 0 Å². The Morgan fingerprint density at radius 2 is 1.87 bits per heavy atom. The molecule has 15 heavy (non-hydrogen) atoms. The summed E-state index contributed by atoms with van der Waals surface area (Å²) in [5.41, 5.74) is 5.67. The van der Waals surface area contributed by atoms with Crippen LogP contribution in [0.2, 0.25) is 0 Å². The number of nitrogens with one attached hydrogen (secondary N) is 1. The van der Waals surface area contributed by atoms with Crippen LogP contribution in [0, 0.1) is 11.8 Å². The second-order valence-corrected chi connectivity index (χ2v) is 5.18. The van der Waals surface area contributed by atoms with Crippen LogP contribution in [0.4, 0.5) is 0 Å². The minimum Gasteiger partial charge on any atom is -0.356 e. The molecule has 2 rings (SSSR count). The van der Waals surface area contributed by atoms with E-state index in [0.29, 0.717) is 0 Å². The highest BCUT2D eigenvalue weighted by Crippen LogP contribution is 2.26. The van der Waals surface area contributed by atoms with Crippen molar-refractivity contribution in [1.29, 1.82) is 0 Å². The van der Waals surface area contributed by atoms with Crippen molar-refractivity contribution in [3.63, 3.8) is 0 Å². The Morgan fingerprint density at radius 3 is 2.47 bits per heavy atom. The van der Waals surface area contributed by atoms with Crippen LogP contribution in [-0.4, -0.2) is 18.5 Å². The van der Waals surface area contributed by atoms with Gasteiger partial charge in [-0.25, -0.2) is 0 Å². The van der Waals surface area contributed by atoms with Crippen LogP contribution in [0.25, 0.3) is 0 Å². The van der Waals surface area contributed by atoms with Crippen molar-refractivity contribution >= 4 is 5.91 Å². The summed E-state index contributed by atoms with van der Waals surface area (Å²) in [6.45, 7) is 0.893. The molecule has 0 spiro atoms. The predicted molar refractivity (Wildman–Crippen MR) is 60.3 cm³/mol. The molecular formula is C12H22N2O. The fourth-order valence-electron chi connectivity index (χ4n) is 2.66. The average Bonchev–Trinajstić information content (AvgIpc) is 2.23. The topological polar surface area (TPSA) is 55.1 Å². The first-order valence-electron chi connectivity index (χ1n) is 6.29. The first-order chi connectivity index (χ1) is 7.25. The number of carbonyl (C=O) groups is 1. The highest BCUT2D eigenvalue weighted by Gasteiger charge is 2.31. The molecule has 0 aromatic rings. The molecular weight excluding hydrogens is 188 g/mol. The standard InChI is InChI=1S/C12H22N2O/c13-11-6-10(7-11)12(15)14-8-9-4-2-1-3-5-9/h9-11H,1-8,13H2,(H,14,15). The van der Waals surface area contributed by atoms with Crippen molar-refractivity contribution in [2.45, 2.75) is 51.0 Å². The Hall–Kier alpha value is -0.570. The Labute approximate surface area is 91.8 Å². The third-order valence-electron chi connectivity index (χ3n) is 3.84. The minimum absolute atomic E-state index is 0.212. The first kappa shape index (κ1) is 10.9. The van der Waals surface area contributed by atoms with E-state index < -0.39 is 0 Å². The van der Waals surface area contributed by atoms with Gasteiger partial charge in [-0.3, -0.25) is 4.79 Å². The van der Waals surface area contributed by atoms with Crippen LogP contribution in [0.3, 0.4) is 0 Å². The van der Waals surface area contributed by atoms with Crippen molar-refractivity contribution in [3.05, 3.63) is 0 Å². The van der Waals surface area contributed by atoms with Crippen LogP contribution in [0.15, 0.2) is 0 Å². The van der Waals surface area contributed by atoms with Crippen LogP contribution >= 0.6 is 0 Å². The van der Waals surface area contributed by atoms with Gasteiger partial charge < -0.3 is 11.1 Å². The molecule has 2 aliphatic carbocycles. The summed E-state index contributed by atoms with van der Waals surface area (Å²) in [5.74, 6) is 1.18. The molecule has 0 radical (unpaired) electrons. The lowest BCUT2D eigenvalue weighted by atomic mass is 9.80. The average molecular weight is 210 g/mol. The van der Waals surface area contributed by atoms with Gasteiger partial charge in [0, 0.05) is 18.5 Å². The maximum Gasteiger partial charge on any atom is 0.223 e. The zero-order chi connectivity index (χ0) is 10.7. The van der Waals surface area contributed by atoms with Gasteiger partial charge in [-0.1, -0.05) is 19.3 Å². The van der Waals surface area contributed by atoms with Crippen LogP contribution < -0.4 is 11.1 Å². The summed E-state index contributed by atoms with van der Waals surface area (Å²) in [6.07, 6.45) is 8.42. The van der Waals surface area contributed by atoms with E-state index in [4.69, 9.17) is 5.73 Å². The number of rotatable bonds is 3. The zero-order valence-corrected chi connectivity index (χ0v) is 9.37. The summed E-state index contributed by atoms with van der Waals surface area (Å²) < 4.78 is 0. The smallest absolute Gasteiger partial charge is 0.223 e. The van der Waals surface area contributed by atoms with Crippen LogP contribution in [-0.2, 0) is 4.79 Å². The molecule has 0 bridgehead atoms. The van der Waals surface area contributed by atoms with E-state index >= 15 is 0 Å². The van der Waals surface area contributed by atoms with E-state index in [0.717, 1.165) is 25.3 Å². The molecule has 0 atom stereocenters. The molecule has 0 unspecified atom stereocenters. The Bertz CT molecular complexity index is 218. The van der Waals surface area contributed by atoms with E-state index in [-0.39, 0.29) is 17.9 Å². The summed E-state index contributed by atoms with van der Waals surface area (Å²) >= 11 is 0. The lowest BCUT2D eigenvalue weighted by Gasteiger charge is -2.32. The summed E-state index contributed by atoms with van der Waals surface area (Å²) in [7, 11) is 0. The first-order valence-corrected chi connectivity index (χ1v) is 6.29. The molecule has 0 saturated heterocycles. The van der Waals surface area contributed by atoms with Crippen molar-refractivity contribution < 1.29 is 4.79 Å². The van der Waals surface area contributed by atoms with Crippen LogP contribution in [0.1, 0.15) is 44.9 Å². The molecule has 2 fully saturated rings. The lowest BCUT2D eigenvalue weighted by Crippen LogP contribution is -2.46. The highest BCUT2D eigenvalue weighted by molar-refractivity contribution is 5.79. The van der Waals surface area contributed by atoms with Crippen molar-refractivity contribution in [2.24, 2.45) is 17.6 Å². The second kappa shape index (κ2) is 4.97. The summed E-state index contributed by atoms with van der Waals surface area (Å²) in [4.78, 5) is 11.6. The SMILES string of the molecule is NC1CC(C(=O)NCC2CCCCC2)C1. The van der Waals surface area contributed by atoms with Gasteiger partial charge in [0.2, 0.25) is 5.91 Å². The molecule has 0 aliphatic heterocycles. The Morgan fingerprint density at radius 1 is 1.20 bits per heavy atom. The number of hydrogen-bond donors (Lipinski definition) is 2. The third kappa shape index (κ3) is 2.94. The van der Waals surface area contributed by atoms with Crippen molar-refractivity contribution in [1.82, 2.24) is 5.32 Å². The van der Waals surface area contributed by atoms with Gasteiger partial charge in [-0.2, -0.15) is 0 Å². The monoisotopic (exact) mass is 210 g/mol. The molecule has 2 saturated carbocycles. The quantitative estimate of drug-likeness (QED) is 0.740. The van der Waals surface area contributed by atoms with Crippen molar-refractivity contribution in [2.75, 3.05) is 6.54 Å². The van der Waals surface area contributed by atoms with E-state index in [1.807, 2.05) is 0 Å². The number of carbonyl (C=O) groups excluding carboxylic acids is 1. The molecule has 3 nitrogen and oxygen atoms in total. The van der Waals surface area contributed by atoms with E-state index in [2.05, 4.69) is 5.32 Å². The van der Waals surface area contributed by atoms with Gasteiger partial charge in [0.15, 0.2) is 0 Å². The maximum absolute atomic E-state index is 11.6. The number of amides is 1. The zero-order valence-electron chi connectivity index (χ0n) is 9.37. The molecule has 86 valence electrons. The molecule has 0 aromatic heterocycles. The predicted octanol–water partition coefficient (Wildman–Crippen LogP) is 1.42. The van der Waals surface area contributed by atoms with Crippen LogP contribution in [0.5, 0.6) is 0 Å². The van der Waals surface area contributed by atoms with Crippen molar-refractivity contribution in [3.8, 4) is 0 Å². The summed E-state index contributed by atoms with van der Waals surface area (Å²) in [5, 5.41) is 3.08. The molecule has 3 N–H and O–H groups in total. The molecule has 2 aliphatic rings. The van der Waals surface area contributed by atoms with Gasteiger partial charge in [0.05, 0.1) is 0 Å². The highest BCUT2D eigenvalue weighted by atomic mass is 16.1. The fraction of sp³-hybridized carbons (Fsp3) is 0.917. The number of nitrogens with two attached hydrogens (primary N) is 1. The Balaban J connectivity index is 1.62. The van der Waals surface area contributed by atoms with Gasteiger partial charge in [-0.05, 0) is 31.6 Å². The maximum atomic E-state index is 11.6. The second-order valence-electron chi connectivity index (χ2n) is 5.18. The minimum atomic E-state index is 0.212. The number of hydrogen-bond acceptors (Lipinski definition) is 2. The van der Waals surface area contributed by atoms with E-state index in [1.54, 1.807) is 0 Å². The normalized spacial score (nSPS) is 32.1. The van der Waals surface area contributed by atoms with E-state index in [1.165, 1.54) is 32.1 Å². The van der Waals surface area contributed by atoms with Gasteiger partial charge in [0.25, 0.3) is 0 Å². The molecule has 0 heterocycles. The van der Waals surface area contributed by atoms with Gasteiger partial charge in [0.1, 0.15) is 0 Å². The Kier molecular flexibility index (Phi) is 3.62. The largest absolute Gasteiger partial charge is 0.356 e. The lowest BCUT2D eigenvalue weighted by molar-refractivity contribution is -0.128. The van der Waals surface area contributed by atoms with E-state index in [9.17, 15) is 4.79 Å². The van der Waals surface area contributed by atoms with Gasteiger partial charge >= 0.3 is 0 Å². The molecule has 0 aromatic carbocycles. The third-order valence-corrected chi connectivity index (χ3v) is 3.84. The molecule has 3 heteroatoms. The fourth-order valence-corrected chi connectivity index (χ4v) is 2.66. The summed E-state index contributed by atoms with van der Waals surface area (Å²) in [6, 6.07) is 0.274. The molecule has 1 amide bonds.